The molecule has 2 saturated heterocycles. The van der Waals surface area contributed by atoms with E-state index >= 15 is 0 Å². The monoisotopic (exact) mass is 320 g/mol. The Balaban J connectivity index is 1.76. The van der Waals surface area contributed by atoms with E-state index in [1.165, 1.54) is 0 Å². The molecule has 6 heteroatoms. The molecule has 22 heavy (non-hydrogen) atoms. The summed E-state index contributed by atoms with van der Waals surface area (Å²) in [6.07, 6.45) is 2.58. The third-order valence-electron chi connectivity index (χ3n) is 5.57. The molecule has 0 bridgehead atoms. The van der Waals surface area contributed by atoms with Crippen molar-refractivity contribution in [2.45, 2.75) is 37.3 Å². The van der Waals surface area contributed by atoms with Gasteiger partial charge in [-0.05, 0) is 56.1 Å². The summed E-state index contributed by atoms with van der Waals surface area (Å²) in [5.41, 5.74) is 2.13. The van der Waals surface area contributed by atoms with Crippen LogP contribution in [-0.4, -0.2) is 36.0 Å². The van der Waals surface area contributed by atoms with E-state index in [2.05, 4.69) is 4.90 Å². The summed E-state index contributed by atoms with van der Waals surface area (Å²) in [4.78, 5) is 13.9. The molecule has 4 atom stereocenters. The van der Waals surface area contributed by atoms with Crippen molar-refractivity contribution < 1.29 is 9.90 Å². The number of carbonyl (C=O) groups is 1. The van der Waals surface area contributed by atoms with Crippen LogP contribution in [0.3, 0.4) is 0 Å². The number of benzene rings is 1. The second-order valence-electron chi connectivity index (χ2n) is 6.59. The van der Waals surface area contributed by atoms with Crippen LogP contribution in [0.5, 0.6) is 0 Å². The van der Waals surface area contributed by atoms with E-state index in [1.54, 1.807) is 5.01 Å². The average Bonchev–Trinajstić information content (AvgIpc) is 2.79. The molecule has 5 nitrogen and oxygen atoms in total. The maximum Gasteiger partial charge on any atom is 0.0684 e. The molecule has 0 aromatic heterocycles. The van der Waals surface area contributed by atoms with Gasteiger partial charge in [0.2, 0.25) is 0 Å². The molecule has 3 aliphatic rings. The first-order chi connectivity index (χ1) is 10.6. The van der Waals surface area contributed by atoms with Crippen LogP contribution < -0.4 is 16.0 Å². The fraction of sp³-hybridized carbons (Fsp3) is 0.562. The van der Waals surface area contributed by atoms with Gasteiger partial charge in [-0.25, -0.2) is 5.84 Å². The molecule has 2 fully saturated rings. The van der Waals surface area contributed by atoms with Gasteiger partial charge >= 0.3 is 0 Å². The van der Waals surface area contributed by atoms with E-state index in [0.717, 1.165) is 37.2 Å². The summed E-state index contributed by atoms with van der Waals surface area (Å²) in [6, 6.07) is 5.68. The zero-order chi connectivity index (χ0) is 15.4. The maximum atomic E-state index is 11.6. The molecule has 118 valence electrons. The summed E-state index contributed by atoms with van der Waals surface area (Å²) in [5.74, 6) is 5.23. The molecule has 4 unspecified atom stereocenters. The van der Waals surface area contributed by atoms with E-state index < -0.39 is 11.9 Å². The smallest absolute Gasteiger partial charge is 0.0684 e. The normalized spacial score (nSPS) is 34.0. The van der Waals surface area contributed by atoms with E-state index in [-0.39, 0.29) is 18.0 Å². The molecule has 0 amide bonds. The van der Waals surface area contributed by atoms with Crippen LogP contribution in [0.15, 0.2) is 18.2 Å². The second-order valence-corrected chi connectivity index (χ2v) is 7.03. The third-order valence-corrected chi connectivity index (χ3v) is 5.81. The van der Waals surface area contributed by atoms with Crippen molar-refractivity contribution in [1.82, 2.24) is 4.90 Å². The molecular formula is C16H19ClN3O2-. The van der Waals surface area contributed by atoms with Gasteiger partial charge in [0.15, 0.2) is 0 Å². The van der Waals surface area contributed by atoms with Gasteiger partial charge < -0.3 is 14.9 Å². The zero-order valence-corrected chi connectivity index (χ0v) is 13.0. The van der Waals surface area contributed by atoms with Gasteiger partial charge in [0, 0.05) is 28.9 Å². The number of nitrogens with two attached hydrogens (primary N) is 1. The van der Waals surface area contributed by atoms with Crippen molar-refractivity contribution in [3.63, 3.8) is 0 Å². The maximum absolute atomic E-state index is 11.6. The number of fused-ring (bicyclic) bond motifs is 5. The Labute approximate surface area is 134 Å². The number of nitrogens with zero attached hydrogens (tertiary/aromatic N) is 2. The van der Waals surface area contributed by atoms with Crippen LogP contribution >= 0.6 is 11.6 Å². The first kappa shape index (κ1) is 14.3. The van der Waals surface area contributed by atoms with Crippen LogP contribution in [-0.2, 0) is 4.79 Å². The molecule has 1 aromatic carbocycles. The van der Waals surface area contributed by atoms with E-state index in [0.29, 0.717) is 11.4 Å². The molecule has 2 N–H and O–H groups in total. The highest BCUT2D eigenvalue weighted by molar-refractivity contribution is 6.30. The Morgan fingerprint density at radius 2 is 2.09 bits per heavy atom. The molecule has 1 aromatic rings. The fourth-order valence-electron chi connectivity index (χ4n) is 4.69. The van der Waals surface area contributed by atoms with Crippen molar-refractivity contribution >= 4 is 23.3 Å². The summed E-state index contributed by atoms with van der Waals surface area (Å²) in [5, 5.41) is 14.1. The number of rotatable bonds is 1. The van der Waals surface area contributed by atoms with Crippen molar-refractivity contribution in [2.24, 2.45) is 11.8 Å². The summed E-state index contributed by atoms with van der Waals surface area (Å²) < 4.78 is 0. The van der Waals surface area contributed by atoms with Gasteiger partial charge in [-0.1, -0.05) is 11.6 Å². The minimum atomic E-state index is -0.947. The molecule has 0 aliphatic carbocycles. The van der Waals surface area contributed by atoms with Crippen LogP contribution in [0.25, 0.3) is 0 Å². The highest BCUT2D eigenvalue weighted by Crippen LogP contribution is 2.49. The Kier molecular flexibility index (Phi) is 3.33. The standard InChI is InChI=1S/C16H20ClN3O2/c17-9-3-4-13-12(8-9)10-5-7-19-6-1-2-11(16(21)22)14(19)15(10)20(13)18/h3-4,8,10-11,14-15H,1-2,5-7,18H2,(H,21,22)/p-1. The zero-order valence-electron chi connectivity index (χ0n) is 12.2. The molecule has 0 saturated carbocycles. The lowest BCUT2D eigenvalue weighted by molar-refractivity contribution is -0.315. The highest BCUT2D eigenvalue weighted by Gasteiger charge is 2.50. The predicted octanol–water partition coefficient (Wildman–Crippen LogP) is 0.720. The van der Waals surface area contributed by atoms with Crippen LogP contribution in [0, 0.1) is 5.92 Å². The van der Waals surface area contributed by atoms with Crippen molar-refractivity contribution in [2.75, 3.05) is 18.1 Å². The lowest BCUT2D eigenvalue weighted by Gasteiger charge is -2.51. The number of hydrogen-bond acceptors (Lipinski definition) is 5. The SMILES string of the molecule is NN1c2ccc(Cl)cc2C2CCN3CCCC(C(=O)[O-])C3C21. The summed E-state index contributed by atoms with van der Waals surface area (Å²) in [6.45, 7) is 1.86. The topological polar surface area (TPSA) is 72.6 Å². The van der Waals surface area contributed by atoms with Gasteiger partial charge in [-0.3, -0.25) is 4.90 Å². The van der Waals surface area contributed by atoms with Gasteiger partial charge in [-0.15, -0.1) is 0 Å². The fourth-order valence-corrected chi connectivity index (χ4v) is 4.87. The number of aliphatic carboxylic acids is 1. The quantitative estimate of drug-likeness (QED) is 0.772. The number of hydrogen-bond donors (Lipinski definition) is 1. The molecule has 3 heterocycles. The number of carboxylic acid groups (broad SMARTS) is 1. The number of piperidine rings is 2. The predicted molar refractivity (Wildman–Crippen MR) is 82.4 cm³/mol. The van der Waals surface area contributed by atoms with Crippen molar-refractivity contribution in [3.8, 4) is 0 Å². The van der Waals surface area contributed by atoms with Crippen LogP contribution in [0.1, 0.15) is 30.7 Å². The van der Waals surface area contributed by atoms with E-state index in [9.17, 15) is 9.90 Å². The second kappa shape index (κ2) is 5.11. The number of anilines is 1. The van der Waals surface area contributed by atoms with Crippen molar-refractivity contribution in [3.05, 3.63) is 28.8 Å². The minimum Gasteiger partial charge on any atom is -0.550 e. The molecule has 4 rings (SSSR count). The molecule has 0 radical (unpaired) electrons. The largest absolute Gasteiger partial charge is 0.550 e. The lowest BCUT2D eigenvalue weighted by atomic mass is 9.75. The van der Waals surface area contributed by atoms with Crippen LogP contribution in [0.2, 0.25) is 5.02 Å². The summed E-state index contributed by atoms with van der Waals surface area (Å²) >= 11 is 6.14. The van der Waals surface area contributed by atoms with Crippen molar-refractivity contribution in [1.29, 1.82) is 0 Å². The Bertz CT molecular complexity index is 623. The average molecular weight is 321 g/mol. The highest BCUT2D eigenvalue weighted by atomic mass is 35.5. The number of carbonyl (C=O) groups excluding carboxylic acids is 1. The Morgan fingerprint density at radius 1 is 1.27 bits per heavy atom. The lowest BCUT2D eigenvalue weighted by Crippen LogP contribution is -2.64. The molecular weight excluding hydrogens is 302 g/mol. The number of carboxylic acids is 1. The molecule has 3 aliphatic heterocycles. The number of halogens is 1. The van der Waals surface area contributed by atoms with E-state index in [1.807, 2.05) is 18.2 Å². The van der Waals surface area contributed by atoms with Gasteiger partial charge in [0.25, 0.3) is 0 Å². The minimum absolute atomic E-state index is 0.00887. The Hall–Kier alpha value is -1.30. The molecule has 0 spiro atoms. The number of hydrazine groups is 1. The van der Waals surface area contributed by atoms with Crippen LogP contribution in [0.4, 0.5) is 5.69 Å². The first-order valence-electron chi connectivity index (χ1n) is 7.86. The van der Waals surface area contributed by atoms with E-state index in [4.69, 9.17) is 17.4 Å². The summed E-state index contributed by atoms with van der Waals surface area (Å²) in [7, 11) is 0. The Morgan fingerprint density at radius 3 is 2.86 bits per heavy atom. The van der Waals surface area contributed by atoms with Gasteiger partial charge in [0.1, 0.15) is 0 Å². The first-order valence-corrected chi connectivity index (χ1v) is 8.24. The van der Waals surface area contributed by atoms with Gasteiger partial charge in [0.05, 0.1) is 11.7 Å². The van der Waals surface area contributed by atoms with Gasteiger partial charge in [-0.2, -0.15) is 0 Å². The third kappa shape index (κ3) is 1.96.